The van der Waals surface area contributed by atoms with Crippen molar-refractivity contribution < 1.29 is 14.5 Å². The molecule has 0 fully saturated rings. The van der Waals surface area contributed by atoms with Gasteiger partial charge in [-0.2, -0.15) is 0 Å². The molecule has 3 aromatic rings. The van der Waals surface area contributed by atoms with E-state index < -0.39 is 16.4 Å². The van der Waals surface area contributed by atoms with Gasteiger partial charge in [-0.1, -0.05) is 11.6 Å². The van der Waals surface area contributed by atoms with E-state index in [1.165, 1.54) is 24.5 Å². The number of nitro groups is 1. The van der Waals surface area contributed by atoms with Crippen LogP contribution in [-0.2, 0) is 11.3 Å². The number of hydrogen-bond acceptors (Lipinski definition) is 6. The fourth-order valence-corrected chi connectivity index (χ4v) is 2.74. The van der Waals surface area contributed by atoms with E-state index in [-0.39, 0.29) is 22.9 Å². The van der Waals surface area contributed by atoms with E-state index in [1.54, 1.807) is 31.4 Å². The highest BCUT2D eigenvalue weighted by Crippen LogP contribution is 2.27. The first kappa shape index (κ1) is 20.0. The van der Waals surface area contributed by atoms with Crippen LogP contribution < -0.4 is 15.6 Å². The Hall–Kier alpha value is -3.72. The summed E-state index contributed by atoms with van der Waals surface area (Å²) in [6.07, 6.45) is 1.27. The molecule has 0 bridgehead atoms. The molecule has 0 aliphatic carbocycles. The van der Waals surface area contributed by atoms with Crippen LogP contribution in [0.5, 0.6) is 5.75 Å². The summed E-state index contributed by atoms with van der Waals surface area (Å²) in [7, 11) is 1.56. The fraction of sp³-hybridized carbons (Fsp3) is 0.105. The predicted molar refractivity (Wildman–Crippen MR) is 107 cm³/mol. The third-order valence-corrected chi connectivity index (χ3v) is 4.33. The summed E-state index contributed by atoms with van der Waals surface area (Å²) < 4.78 is 6.22. The second kappa shape index (κ2) is 8.53. The highest BCUT2D eigenvalue weighted by Gasteiger charge is 2.14. The van der Waals surface area contributed by atoms with Crippen molar-refractivity contribution in [2.45, 2.75) is 6.54 Å². The molecule has 0 aliphatic heterocycles. The average molecular weight is 415 g/mol. The van der Waals surface area contributed by atoms with E-state index in [1.807, 2.05) is 0 Å². The van der Waals surface area contributed by atoms with Gasteiger partial charge in [0.25, 0.3) is 11.2 Å². The first-order chi connectivity index (χ1) is 13.9. The number of anilines is 1. The molecule has 3 rings (SSSR count). The summed E-state index contributed by atoms with van der Waals surface area (Å²) in [4.78, 5) is 39.0. The van der Waals surface area contributed by atoms with E-state index in [9.17, 15) is 19.7 Å². The number of nitro benzene ring substituents is 1. The lowest BCUT2D eigenvalue weighted by atomic mass is 10.1. The van der Waals surface area contributed by atoms with Crippen molar-refractivity contribution in [3.8, 4) is 17.0 Å². The maximum atomic E-state index is 12.3. The molecule has 29 heavy (non-hydrogen) atoms. The second-order valence-corrected chi connectivity index (χ2v) is 6.35. The summed E-state index contributed by atoms with van der Waals surface area (Å²) in [5, 5.41) is 13.4. The molecule has 1 aromatic heterocycles. The number of nitrogens with zero attached hydrogens (tertiary/aromatic N) is 3. The quantitative estimate of drug-likeness (QED) is 0.489. The third kappa shape index (κ3) is 4.77. The number of benzene rings is 2. The van der Waals surface area contributed by atoms with Gasteiger partial charge in [-0.05, 0) is 36.4 Å². The Morgan fingerprint density at radius 1 is 1.24 bits per heavy atom. The Bertz CT molecular complexity index is 1130. The number of nitrogens with one attached hydrogen (secondary N) is 1. The average Bonchev–Trinajstić information content (AvgIpc) is 2.71. The first-order valence-electron chi connectivity index (χ1n) is 8.32. The summed E-state index contributed by atoms with van der Waals surface area (Å²) >= 11 is 5.75. The molecule has 0 aliphatic rings. The van der Waals surface area contributed by atoms with Crippen molar-refractivity contribution in [1.82, 2.24) is 9.55 Å². The van der Waals surface area contributed by atoms with Gasteiger partial charge in [-0.3, -0.25) is 24.3 Å². The first-order valence-corrected chi connectivity index (χ1v) is 8.70. The van der Waals surface area contributed by atoms with Gasteiger partial charge in [0.2, 0.25) is 5.91 Å². The minimum atomic E-state index is -0.649. The summed E-state index contributed by atoms with van der Waals surface area (Å²) in [5.74, 6) is 0.143. The lowest BCUT2D eigenvalue weighted by molar-refractivity contribution is -0.384. The Labute approximate surface area is 169 Å². The third-order valence-electron chi connectivity index (χ3n) is 4.01. The lowest BCUT2D eigenvalue weighted by Gasteiger charge is -2.08. The van der Waals surface area contributed by atoms with Crippen LogP contribution in [0.3, 0.4) is 0 Å². The number of halogens is 1. The minimum absolute atomic E-state index is 0.0393. The van der Waals surface area contributed by atoms with Gasteiger partial charge in [0.05, 0.1) is 24.1 Å². The van der Waals surface area contributed by atoms with Crippen molar-refractivity contribution >= 4 is 28.9 Å². The number of rotatable bonds is 6. The Balaban J connectivity index is 1.73. The smallest absolute Gasteiger partial charge is 0.289 e. The van der Waals surface area contributed by atoms with E-state index in [0.29, 0.717) is 11.4 Å². The van der Waals surface area contributed by atoms with Crippen LogP contribution in [0, 0.1) is 10.1 Å². The number of carbonyl (C=O) groups is 1. The van der Waals surface area contributed by atoms with Crippen molar-refractivity contribution in [2.24, 2.45) is 0 Å². The molecule has 1 heterocycles. The Morgan fingerprint density at radius 3 is 2.59 bits per heavy atom. The second-order valence-electron chi connectivity index (χ2n) is 5.94. The van der Waals surface area contributed by atoms with E-state index >= 15 is 0 Å². The molecular formula is C19H15ClN4O5. The number of amides is 1. The normalized spacial score (nSPS) is 10.4. The Kier molecular flexibility index (Phi) is 5.89. The Morgan fingerprint density at radius 2 is 1.97 bits per heavy atom. The molecule has 0 radical (unpaired) electrons. The van der Waals surface area contributed by atoms with Crippen molar-refractivity contribution in [3.05, 3.63) is 80.3 Å². The summed E-state index contributed by atoms with van der Waals surface area (Å²) in [6, 6.07) is 12.3. The minimum Gasteiger partial charge on any atom is -0.497 e. The molecule has 0 unspecified atom stereocenters. The molecule has 0 saturated carbocycles. The number of ether oxygens (including phenoxy) is 1. The zero-order chi connectivity index (χ0) is 21.0. The van der Waals surface area contributed by atoms with Gasteiger partial charge in [-0.25, -0.2) is 4.98 Å². The zero-order valence-electron chi connectivity index (χ0n) is 15.2. The van der Waals surface area contributed by atoms with Gasteiger partial charge >= 0.3 is 0 Å². The SMILES string of the molecule is COc1ccc(-c2cc(=O)n(CC(=O)Nc3ccc(Cl)c([N+](=O)[O-])c3)cn2)cc1. The van der Waals surface area contributed by atoms with E-state index in [0.717, 1.165) is 16.2 Å². The monoisotopic (exact) mass is 414 g/mol. The van der Waals surface area contributed by atoms with E-state index in [4.69, 9.17) is 16.3 Å². The number of hydrogen-bond donors (Lipinski definition) is 1. The van der Waals surface area contributed by atoms with Crippen molar-refractivity contribution in [1.29, 1.82) is 0 Å². The highest BCUT2D eigenvalue weighted by molar-refractivity contribution is 6.32. The molecular weight excluding hydrogens is 400 g/mol. The topological polar surface area (TPSA) is 116 Å². The maximum absolute atomic E-state index is 12.3. The molecule has 10 heteroatoms. The van der Waals surface area contributed by atoms with Crippen molar-refractivity contribution in [2.75, 3.05) is 12.4 Å². The van der Waals surface area contributed by atoms with Crippen LogP contribution >= 0.6 is 11.6 Å². The van der Waals surface area contributed by atoms with Crippen LogP contribution in [0.15, 0.2) is 59.7 Å². The van der Waals surface area contributed by atoms with Crippen LogP contribution in [-0.4, -0.2) is 27.5 Å². The highest BCUT2D eigenvalue weighted by atomic mass is 35.5. The van der Waals surface area contributed by atoms with Gasteiger partial charge in [0, 0.05) is 23.4 Å². The molecule has 2 aromatic carbocycles. The summed E-state index contributed by atoms with van der Waals surface area (Å²) in [6.45, 7) is -0.300. The van der Waals surface area contributed by atoms with Crippen LogP contribution in [0.1, 0.15) is 0 Å². The zero-order valence-corrected chi connectivity index (χ0v) is 15.9. The van der Waals surface area contributed by atoms with Crippen molar-refractivity contribution in [3.63, 3.8) is 0 Å². The van der Waals surface area contributed by atoms with Gasteiger partial charge < -0.3 is 10.1 Å². The molecule has 0 atom stereocenters. The standard InChI is InChI=1S/C19H15ClN4O5/c1-29-14-5-2-12(3-6-14)16-9-19(26)23(11-21-16)10-18(25)22-13-4-7-15(20)17(8-13)24(27)28/h2-9,11H,10H2,1H3,(H,22,25). The number of carbonyl (C=O) groups excluding carboxylic acids is 1. The molecule has 0 saturated heterocycles. The fourth-order valence-electron chi connectivity index (χ4n) is 2.55. The lowest BCUT2D eigenvalue weighted by Crippen LogP contribution is -2.27. The largest absolute Gasteiger partial charge is 0.497 e. The van der Waals surface area contributed by atoms with Crippen LogP contribution in [0.25, 0.3) is 11.3 Å². The molecule has 1 N–H and O–H groups in total. The predicted octanol–water partition coefficient (Wildman–Crippen LogP) is 3.12. The van der Waals surface area contributed by atoms with Gasteiger partial charge in [0.15, 0.2) is 0 Å². The van der Waals surface area contributed by atoms with Gasteiger partial charge in [-0.15, -0.1) is 0 Å². The van der Waals surface area contributed by atoms with E-state index in [2.05, 4.69) is 10.3 Å². The number of aromatic nitrogens is 2. The van der Waals surface area contributed by atoms with Gasteiger partial charge in [0.1, 0.15) is 17.3 Å². The molecule has 1 amide bonds. The molecule has 9 nitrogen and oxygen atoms in total. The van der Waals surface area contributed by atoms with Crippen LogP contribution in [0.4, 0.5) is 11.4 Å². The molecule has 0 spiro atoms. The maximum Gasteiger partial charge on any atom is 0.289 e. The van der Waals surface area contributed by atoms with Crippen LogP contribution in [0.2, 0.25) is 5.02 Å². The molecule has 148 valence electrons. The summed E-state index contributed by atoms with van der Waals surface area (Å²) in [5.41, 5.74) is 0.646. The number of methoxy groups -OCH3 is 1.